The number of imide groups is 1. The molecule has 0 aromatic heterocycles. The zero-order valence-electron chi connectivity index (χ0n) is 23.6. The highest BCUT2D eigenvalue weighted by Gasteiger charge is 2.42. The summed E-state index contributed by atoms with van der Waals surface area (Å²) in [5.74, 6) is 0.698. The van der Waals surface area contributed by atoms with Crippen LogP contribution in [-0.4, -0.2) is 59.0 Å². The third-order valence-corrected chi connectivity index (χ3v) is 8.87. The van der Waals surface area contributed by atoms with Crippen LogP contribution in [0.25, 0.3) is 0 Å². The van der Waals surface area contributed by atoms with E-state index in [4.69, 9.17) is 9.47 Å². The van der Waals surface area contributed by atoms with Crippen molar-refractivity contribution in [3.63, 3.8) is 0 Å². The highest BCUT2D eigenvalue weighted by Crippen LogP contribution is 2.40. The highest BCUT2D eigenvalue weighted by molar-refractivity contribution is 6.01. The van der Waals surface area contributed by atoms with Gasteiger partial charge in [0.25, 0.3) is 0 Å². The van der Waals surface area contributed by atoms with Gasteiger partial charge in [-0.25, -0.2) is 0 Å². The number of benzene rings is 2. The van der Waals surface area contributed by atoms with Gasteiger partial charge in [0.2, 0.25) is 11.8 Å². The van der Waals surface area contributed by atoms with E-state index in [9.17, 15) is 19.5 Å². The van der Waals surface area contributed by atoms with Crippen LogP contribution < -0.4 is 9.47 Å². The molecular formula is C32H40N2O6. The Kier molecular flexibility index (Phi) is 8.45. The average molecular weight is 549 g/mol. The summed E-state index contributed by atoms with van der Waals surface area (Å²) >= 11 is 0. The number of ether oxygens (including phenoxy) is 2. The highest BCUT2D eigenvalue weighted by atomic mass is 16.5. The van der Waals surface area contributed by atoms with Gasteiger partial charge in [0.1, 0.15) is 18.1 Å². The molecule has 1 saturated heterocycles. The number of aryl methyl sites for hydroxylation is 1. The third kappa shape index (κ3) is 6.02. The van der Waals surface area contributed by atoms with Crippen LogP contribution in [0.1, 0.15) is 80.2 Å². The van der Waals surface area contributed by atoms with Crippen LogP contribution in [0.3, 0.4) is 0 Å². The minimum absolute atomic E-state index is 0.0239. The first-order valence-corrected chi connectivity index (χ1v) is 14.5. The molecule has 2 amide bonds. The number of carbonyl (C=O) groups excluding carboxylic acids is 2. The number of rotatable bonds is 11. The lowest BCUT2D eigenvalue weighted by molar-refractivity contribution is -0.153. The first-order valence-electron chi connectivity index (χ1n) is 14.5. The van der Waals surface area contributed by atoms with E-state index in [0.717, 1.165) is 48.3 Å². The number of nitrogens with zero attached hydrogens (tertiary/aromatic N) is 2. The minimum atomic E-state index is -0.741. The summed E-state index contributed by atoms with van der Waals surface area (Å²) < 4.78 is 11.6. The monoisotopic (exact) mass is 548 g/mol. The Morgan fingerprint density at radius 2 is 1.82 bits per heavy atom. The van der Waals surface area contributed by atoms with Crippen molar-refractivity contribution in [2.24, 2.45) is 5.41 Å². The predicted octanol–water partition coefficient (Wildman–Crippen LogP) is 5.06. The van der Waals surface area contributed by atoms with Crippen molar-refractivity contribution in [3.05, 3.63) is 58.7 Å². The molecule has 8 heteroatoms. The van der Waals surface area contributed by atoms with Gasteiger partial charge in [-0.2, -0.15) is 0 Å². The van der Waals surface area contributed by atoms with Crippen LogP contribution in [-0.2, 0) is 27.3 Å². The quantitative estimate of drug-likeness (QED) is 0.392. The molecule has 40 heavy (non-hydrogen) atoms. The van der Waals surface area contributed by atoms with Crippen molar-refractivity contribution in [3.8, 4) is 11.5 Å². The number of hydrogen-bond donors (Lipinski definition) is 1. The number of aliphatic carboxylic acids is 1. The van der Waals surface area contributed by atoms with E-state index < -0.39 is 11.4 Å². The number of likely N-dealkylation sites (tertiary alicyclic amines) is 1. The van der Waals surface area contributed by atoms with Crippen LogP contribution in [0.4, 0.5) is 0 Å². The topological polar surface area (TPSA) is 96.4 Å². The normalized spacial score (nSPS) is 19.0. The van der Waals surface area contributed by atoms with E-state index in [1.807, 2.05) is 25.1 Å². The summed E-state index contributed by atoms with van der Waals surface area (Å²) in [6, 6.07) is 12.4. The van der Waals surface area contributed by atoms with Crippen LogP contribution >= 0.6 is 0 Å². The molecule has 2 fully saturated rings. The Balaban J connectivity index is 1.33. The van der Waals surface area contributed by atoms with E-state index in [-0.39, 0.29) is 43.8 Å². The SMILES string of the molecule is Cc1cc(CN(CC2(C(=O)O)CCCCC2)C(C)c2ccc3c(c2)CCO3)ccc1OCCN1C(=O)CCC1=O. The maximum atomic E-state index is 12.6. The van der Waals surface area contributed by atoms with E-state index in [1.165, 1.54) is 16.0 Å². The number of hydrogen-bond acceptors (Lipinski definition) is 6. The van der Waals surface area contributed by atoms with E-state index in [2.05, 4.69) is 30.0 Å². The summed E-state index contributed by atoms with van der Waals surface area (Å²) in [6.45, 7) is 6.48. The molecule has 5 rings (SSSR count). The lowest BCUT2D eigenvalue weighted by Crippen LogP contribution is -2.45. The van der Waals surface area contributed by atoms with Crippen molar-refractivity contribution >= 4 is 17.8 Å². The minimum Gasteiger partial charge on any atom is -0.493 e. The molecule has 1 unspecified atom stereocenters. The molecule has 1 atom stereocenters. The summed E-state index contributed by atoms with van der Waals surface area (Å²) in [7, 11) is 0. The average Bonchev–Trinajstić information content (AvgIpc) is 3.55. The van der Waals surface area contributed by atoms with Crippen LogP contribution in [0.2, 0.25) is 0 Å². The van der Waals surface area contributed by atoms with Crippen molar-refractivity contribution in [1.82, 2.24) is 9.80 Å². The lowest BCUT2D eigenvalue weighted by Gasteiger charge is -2.40. The largest absolute Gasteiger partial charge is 0.493 e. The maximum absolute atomic E-state index is 12.6. The van der Waals surface area contributed by atoms with Crippen molar-refractivity contribution in [2.45, 2.75) is 77.8 Å². The predicted molar refractivity (Wildman–Crippen MR) is 150 cm³/mol. The molecule has 8 nitrogen and oxygen atoms in total. The van der Waals surface area contributed by atoms with Gasteiger partial charge < -0.3 is 14.6 Å². The fourth-order valence-electron chi connectivity index (χ4n) is 6.39. The number of carbonyl (C=O) groups is 3. The fraction of sp³-hybridized carbons (Fsp3) is 0.531. The van der Waals surface area contributed by atoms with Crippen molar-refractivity contribution in [1.29, 1.82) is 0 Å². The summed E-state index contributed by atoms with van der Waals surface area (Å²) in [4.78, 5) is 39.9. The Bertz CT molecular complexity index is 1250. The molecule has 214 valence electrons. The number of carboxylic acid groups (broad SMARTS) is 1. The first-order chi connectivity index (χ1) is 19.3. The van der Waals surface area contributed by atoms with E-state index >= 15 is 0 Å². The first kappa shape index (κ1) is 28.1. The number of amides is 2. The third-order valence-electron chi connectivity index (χ3n) is 8.87. The fourth-order valence-corrected chi connectivity index (χ4v) is 6.39. The van der Waals surface area contributed by atoms with Crippen molar-refractivity contribution in [2.75, 3.05) is 26.3 Å². The maximum Gasteiger partial charge on any atom is 0.310 e. The molecular weight excluding hydrogens is 508 g/mol. The van der Waals surface area contributed by atoms with Gasteiger partial charge in [-0.05, 0) is 61.1 Å². The number of carboxylic acids is 1. The second-order valence-corrected chi connectivity index (χ2v) is 11.6. The van der Waals surface area contributed by atoms with Gasteiger partial charge in [0.05, 0.1) is 18.6 Å². The zero-order chi connectivity index (χ0) is 28.3. The molecule has 3 aliphatic rings. The summed E-state index contributed by atoms with van der Waals surface area (Å²) in [6.07, 6.45) is 5.86. The van der Waals surface area contributed by atoms with Gasteiger partial charge in [0.15, 0.2) is 0 Å². The molecule has 2 heterocycles. The smallest absolute Gasteiger partial charge is 0.310 e. The van der Waals surface area contributed by atoms with Gasteiger partial charge >= 0.3 is 5.97 Å². The molecule has 2 aromatic rings. The summed E-state index contributed by atoms with van der Waals surface area (Å²) in [5.41, 5.74) is 3.69. The van der Waals surface area contributed by atoms with Gasteiger partial charge in [-0.15, -0.1) is 0 Å². The van der Waals surface area contributed by atoms with E-state index in [0.29, 0.717) is 32.5 Å². The Morgan fingerprint density at radius 3 is 2.52 bits per heavy atom. The molecule has 0 radical (unpaired) electrons. The molecule has 2 aromatic carbocycles. The molecule has 1 N–H and O–H groups in total. The zero-order valence-corrected chi connectivity index (χ0v) is 23.6. The Morgan fingerprint density at radius 1 is 1.07 bits per heavy atom. The van der Waals surface area contributed by atoms with Gasteiger partial charge in [-0.3, -0.25) is 24.2 Å². The molecule has 2 aliphatic heterocycles. The van der Waals surface area contributed by atoms with Crippen LogP contribution in [0, 0.1) is 12.3 Å². The molecule has 1 saturated carbocycles. The van der Waals surface area contributed by atoms with Gasteiger partial charge in [0, 0.05) is 38.4 Å². The lowest BCUT2D eigenvalue weighted by atomic mass is 9.73. The Hall–Kier alpha value is -3.39. The standard InChI is InChI=1S/C32H40N2O6/c1-22-18-24(6-8-27(22)40-17-15-34-29(35)10-11-30(34)36)20-33(21-32(31(37)38)13-4-3-5-14-32)23(2)25-7-9-28-26(19-25)12-16-39-28/h6-9,18-19,23H,3-5,10-17,20-21H2,1-2H3,(H,37,38). The second kappa shape index (κ2) is 12.0. The summed E-state index contributed by atoms with van der Waals surface area (Å²) in [5, 5.41) is 10.4. The van der Waals surface area contributed by atoms with E-state index in [1.54, 1.807) is 0 Å². The number of fused-ring (bicyclic) bond motifs is 1. The Labute approximate surface area is 236 Å². The van der Waals surface area contributed by atoms with Gasteiger partial charge in [-0.1, -0.05) is 43.5 Å². The molecule has 1 aliphatic carbocycles. The van der Waals surface area contributed by atoms with Crippen molar-refractivity contribution < 1.29 is 29.0 Å². The molecule has 0 bridgehead atoms. The van der Waals surface area contributed by atoms with Crippen LogP contribution in [0.15, 0.2) is 36.4 Å². The van der Waals surface area contributed by atoms with Crippen LogP contribution in [0.5, 0.6) is 11.5 Å². The second-order valence-electron chi connectivity index (χ2n) is 11.6. The molecule has 0 spiro atoms.